The Bertz CT molecular complexity index is 399. The summed E-state index contributed by atoms with van der Waals surface area (Å²) in [4.78, 5) is 11.7. The Kier molecular flexibility index (Phi) is 5.35. The molecule has 0 saturated carbocycles. The van der Waals surface area contributed by atoms with Crippen molar-refractivity contribution in [1.82, 2.24) is 20.8 Å². The second kappa shape index (κ2) is 7.25. The molecular weight excluding hydrogens is 244 g/mol. The average Bonchev–Trinajstić information content (AvgIpc) is 2.81. The van der Waals surface area contributed by atoms with E-state index in [1.54, 1.807) is 0 Å². The predicted octanol–water partition coefficient (Wildman–Crippen LogP) is 0.145. The highest BCUT2D eigenvalue weighted by molar-refractivity contribution is 5.76. The van der Waals surface area contributed by atoms with E-state index < -0.39 is 0 Å². The summed E-state index contributed by atoms with van der Waals surface area (Å²) in [5.41, 5.74) is 2.33. The third kappa shape index (κ3) is 4.65. The number of rotatable bonds is 6. The lowest BCUT2D eigenvalue weighted by Crippen LogP contribution is -2.44. The molecule has 1 aromatic heterocycles. The molecule has 0 spiro atoms. The van der Waals surface area contributed by atoms with Crippen molar-refractivity contribution >= 4 is 5.91 Å². The van der Waals surface area contributed by atoms with Crippen LogP contribution in [-0.2, 0) is 16.0 Å². The first-order chi connectivity index (χ1) is 9.25. The number of aryl methyl sites for hydroxylation is 2. The molecule has 3 N–H and O–H groups in total. The van der Waals surface area contributed by atoms with Gasteiger partial charge in [-0.05, 0) is 25.3 Å². The van der Waals surface area contributed by atoms with Gasteiger partial charge in [-0.15, -0.1) is 0 Å². The lowest BCUT2D eigenvalue weighted by Gasteiger charge is -2.23. The number of hydrogen-bond donors (Lipinski definition) is 3. The minimum Gasteiger partial charge on any atom is -0.378 e. The monoisotopic (exact) mass is 266 g/mol. The summed E-state index contributed by atoms with van der Waals surface area (Å²) >= 11 is 0. The molecule has 1 fully saturated rings. The van der Waals surface area contributed by atoms with E-state index in [-0.39, 0.29) is 11.9 Å². The smallest absolute Gasteiger partial charge is 0.221 e. The topological polar surface area (TPSA) is 79.0 Å². The Morgan fingerprint density at radius 2 is 2.53 bits per heavy atom. The number of carbonyl (C=O) groups excluding carboxylic acids is 1. The summed E-state index contributed by atoms with van der Waals surface area (Å²) in [6, 6.07) is 0.157. The van der Waals surface area contributed by atoms with Crippen LogP contribution in [0.15, 0.2) is 6.20 Å². The van der Waals surface area contributed by atoms with Crippen molar-refractivity contribution in [1.29, 1.82) is 0 Å². The van der Waals surface area contributed by atoms with Gasteiger partial charge in [-0.1, -0.05) is 0 Å². The minimum absolute atomic E-state index is 0.0897. The van der Waals surface area contributed by atoms with Crippen LogP contribution < -0.4 is 10.6 Å². The summed E-state index contributed by atoms with van der Waals surface area (Å²) < 4.78 is 5.32. The fraction of sp³-hybridized carbons (Fsp3) is 0.692. The van der Waals surface area contributed by atoms with Crippen LogP contribution in [0, 0.1) is 6.92 Å². The summed E-state index contributed by atoms with van der Waals surface area (Å²) in [6.07, 6.45) is 4.21. The first-order valence-corrected chi connectivity index (χ1v) is 6.82. The molecule has 0 aromatic carbocycles. The van der Waals surface area contributed by atoms with Gasteiger partial charge in [0.2, 0.25) is 5.91 Å². The number of hydrogen-bond acceptors (Lipinski definition) is 4. The maximum absolute atomic E-state index is 11.7. The van der Waals surface area contributed by atoms with Crippen molar-refractivity contribution in [2.24, 2.45) is 0 Å². The van der Waals surface area contributed by atoms with Crippen LogP contribution in [0.1, 0.15) is 24.1 Å². The number of amides is 1. The number of H-pyrrole nitrogens is 1. The maximum Gasteiger partial charge on any atom is 0.221 e. The summed E-state index contributed by atoms with van der Waals surface area (Å²) in [7, 11) is 0. The molecule has 106 valence electrons. The number of carbonyl (C=O) groups is 1. The molecule has 0 radical (unpaired) electrons. The Hall–Kier alpha value is -1.40. The van der Waals surface area contributed by atoms with E-state index in [2.05, 4.69) is 20.8 Å². The minimum atomic E-state index is 0.0897. The number of ether oxygens (including phenoxy) is 1. The molecule has 1 aliphatic rings. The highest BCUT2D eigenvalue weighted by Gasteiger charge is 2.16. The van der Waals surface area contributed by atoms with Crippen molar-refractivity contribution in [3.05, 3.63) is 17.5 Å². The van der Waals surface area contributed by atoms with Gasteiger partial charge in [0.25, 0.3) is 0 Å². The largest absolute Gasteiger partial charge is 0.378 e. The third-order valence-electron chi connectivity index (χ3n) is 3.31. The molecule has 6 nitrogen and oxygen atoms in total. The van der Waals surface area contributed by atoms with Gasteiger partial charge in [0.05, 0.1) is 19.4 Å². The van der Waals surface area contributed by atoms with Crippen LogP contribution in [0.5, 0.6) is 0 Å². The lowest BCUT2D eigenvalue weighted by atomic mass is 10.1. The Morgan fingerprint density at radius 3 is 3.21 bits per heavy atom. The van der Waals surface area contributed by atoms with Gasteiger partial charge in [0, 0.05) is 31.2 Å². The van der Waals surface area contributed by atoms with Crippen LogP contribution in [-0.4, -0.2) is 48.4 Å². The van der Waals surface area contributed by atoms with Crippen molar-refractivity contribution in [3.8, 4) is 0 Å². The van der Waals surface area contributed by atoms with Crippen LogP contribution in [0.2, 0.25) is 0 Å². The van der Waals surface area contributed by atoms with Gasteiger partial charge in [-0.2, -0.15) is 5.10 Å². The number of nitrogens with zero attached hydrogens (tertiary/aromatic N) is 1. The molecule has 1 aromatic rings. The average molecular weight is 266 g/mol. The molecule has 19 heavy (non-hydrogen) atoms. The molecular formula is C13H22N4O2. The highest BCUT2D eigenvalue weighted by atomic mass is 16.5. The molecule has 2 rings (SSSR count). The van der Waals surface area contributed by atoms with E-state index in [9.17, 15) is 4.79 Å². The van der Waals surface area contributed by atoms with E-state index in [1.807, 2.05) is 13.1 Å². The summed E-state index contributed by atoms with van der Waals surface area (Å²) in [5.74, 6) is 0.0897. The van der Waals surface area contributed by atoms with Crippen LogP contribution in [0.4, 0.5) is 0 Å². The van der Waals surface area contributed by atoms with Crippen molar-refractivity contribution in [2.45, 2.75) is 32.2 Å². The van der Waals surface area contributed by atoms with E-state index in [0.29, 0.717) is 19.6 Å². The quantitative estimate of drug-likeness (QED) is 0.640. The second-order valence-corrected chi connectivity index (χ2v) is 4.90. The zero-order valence-corrected chi connectivity index (χ0v) is 11.4. The fourth-order valence-electron chi connectivity index (χ4n) is 2.18. The van der Waals surface area contributed by atoms with Gasteiger partial charge in [0.15, 0.2) is 0 Å². The number of aromatic nitrogens is 2. The predicted molar refractivity (Wildman–Crippen MR) is 71.9 cm³/mol. The maximum atomic E-state index is 11.7. The SMILES string of the molecule is Cc1[nH]ncc1CCCNC(=O)CC1COCCN1. The Balaban J connectivity index is 1.57. The lowest BCUT2D eigenvalue weighted by molar-refractivity contribution is -0.122. The van der Waals surface area contributed by atoms with Crippen LogP contribution in [0.25, 0.3) is 0 Å². The van der Waals surface area contributed by atoms with Crippen LogP contribution in [0.3, 0.4) is 0 Å². The molecule has 2 heterocycles. The second-order valence-electron chi connectivity index (χ2n) is 4.90. The Morgan fingerprint density at radius 1 is 1.63 bits per heavy atom. The molecule has 1 unspecified atom stereocenters. The van der Waals surface area contributed by atoms with E-state index >= 15 is 0 Å². The number of nitrogens with one attached hydrogen (secondary N) is 3. The third-order valence-corrected chi connectivity index (χ3v) is 3.31. The Labute approximate surface area is 113 Å². The van der Waals surface area contributed by atoms with E-state index in [1.165, 1.54) is 5.56 Å². The van der Waals surface area contributed by atoms with E-state index in [4.69, 9.17) is 4.74 Å². The fourth-order valence-corrected chi connectivity index (χ4v) is 2.18. The highest BCUT2D eigenvalue weighted by Crippen LogP contribution is 2.05. The summed E-state index contributed by atoms with van der Waals surface area (Å²) in [6.45, 7) is 4.91. The normalized spacial score (nSPS) is 19.3. The van der Waals surface area contributed by atoms with Crippen molar-refractivity contribution in [2.75, 3.05) is 26.3 Å². The van der Waals surface area contributed by atoms with Crippen molar-refractivity contribution in [3.63, 3.8) is 0 Å². The molecule has 1 aliphatic heterocycles. The van der Waals surface area contributed by atoms with E-state index in [0.717, 1.165) is 31.7 Å². The van der Waals surface area contributed by atoms with Crippen molar-refractivity contribution < 1.29 is 9.53 Å². The van der Waals surface area contributed by atoms with Gasteiger partial charge in [0.1, 0.15) is 0 Å². The zero-order chi connectivity index (χ0) is 13.5. The van der Waals surface area contributed by atoms with Gasteiger partial charge < -0.3 is 15.4 Å². The molecule has 1 amide bonds. The van der Waals surface area contributed by atoms with Gasteiger partial charge in [-0.25, -0.2) is 0 Å². The van der Waals surface area contributed by atoms with Gasteiger partial charge in [-0.3, -0.25) is 9.89 Å². The molecule has 1 atom stereocenters. The molecule has 6 heteroatoms. The zero-order valence-electron chi connectivity index (χ0n) is 11.4. The first kappa shape index (κ1) is 14.0. The number of morpholine rings is 1. The summed E-state index contributed by atoms with van der Waals surface area (Å²) in [5, 5.41) is 13.1. The number of aromatic amines is 1. The molecule has 1 saturated heterocycles. The first-order valence-electron chi connectivity index (χ1n) is 6.82. The molecule has 0 bridgehead atoms. The van der Waals surface area contributed by atoms with Crippen LogP contribution >= 0.6 is 0 Å². The standard InChI is InChI=1S/C13H22N4O2/c1-10-11(8-16-17-10)3-2-4-15-13(18)7-12-9-19-6-5-14-12/h8,12,14H,2-7,9H2,1H3,(H,15,18)(H,16,17). The molecule has 0 aliphatic carbocycles. The van der Waals surface area contributed by atoms with Gasteiger partial charge >= 0.3 is 0 Å².